The lowest BCUT2D eigenvalue weighted by atomic mass is 9.95. The summed E-state index contributed by atoms with van der Waals surface area (Å²) in [5.41, 5.74) is 3.97. The number of likely N-dealkylation sites (tertiary alicyclic amines) is 1. The molecular formula is C23H29BrN2OS. The van der Waals surface area contributed by atoms with E-state index >= 15 is 0 Å². The fourth-order valence-electron chi connectivity index (χ4n) is 3.47. The van der Waals surface area contributed by atoms with Gasteiger partial charge in [0.05, 0.1) is 0 Å². The van der Waals surface area contributed by atoms with Gasteiger partial charge in [-0.15, -0.1) is 0 Å². The van der Waals surface area contributed by atoms with Crippen LogP contribution >= 0.6 is 27.7 Å². The van der Waals surface area contributed by atoms with E-state index in [1.165, 1.54) is 16.7 Å². The van der Waals surface area contributed by atoms with E-state index in [1.54, 1.807) is 0 Å². The first-order valence-corrected chi connectivity index (χ1v) is 11.9. The molecule has 0 aliphatic carbocycles. The Morgan fingerprint density at radius 3 is 2.39 bits per heavy atom. The Balaban J connectivity index is 1.29. The molecule has 2 aromatic carbocycles. The maximum absolute atomic E-state index is 12.4. The molecule has 150 valence electrons. The van der Waals surface area contributed by atoms with Crippen molar-refractivity contribution >= 4 is 33.6 Å². The van der Waals surface area contributed by atoms with Gasteiger partial charge in [0.15, 0.2) is 0 Å². The van der Waals surface area contributed by atoms with Gasteiger partial charge < -0.3 is 5.32 Å². The standard InChI is InChI=1S/C23H29BrN2OS/c1-18-2-4-20(5-3-18)17-28-15-12-25-23(27)21-10-13-26(14-11-21)16-19-6-8-22(24)9-7-19/h2-9,21H,10-17H2,1H3,(H,25,27). The van der Waals surface area contributed by atoms with Gasteiger partial charge in [-0.05, 0) is 56.1 Å². The third-order valence-electron chi connectivity index (χ3n) is 5.21. The lowest BCUT2D eigenvalue weighted by Crippen LogP contribution is -2.40. The highest BCUT2D eigenvalue weighted by atomic mass is 79.9. The first-order valence-electron chi connectivity index (χ1n) is 9.98. The summed E-state index contributed by atoms with van der Waals surface area (Å²) in [6.45, 7) is 5.83. The number of hydrogen-bond donors (Lipinski definition) is 1. The van der Waals surface area contributed by atoms with Gasteiger partial charge in [0.25, 0.3) is 0 Å². The Kier molecular flexibility index (Phi) is 8.44. The third kappa shape index (κ3) is 6.94. The maximum atomic E-state index is 12.4. The summed E-state index contributed by atoms with van der Waals surface area (Å²) in [5, 5.41) is 3.14. The second kappa shape index (κ2) is 11.0. The number of carbonyl (C=O) groups excluding carboxylic acids is 1. The second-order valence-corrected chi connectivity index (χ2v) is 9.53. The number of amides is 1. The predicted molar refractivity (Wildman–Crippen MR) is 122 cm³/mol. The molecule has 0 saturated carbocycles. The van der Waals surface area contributed by atoms with Crippen LogP contribution in [0.2, 0.25) is 0 Å². The van der Waals surface area contributed by atoms with Crippen molar-refractivity contribution in [3.05, 3.63) is 69.7 Å². The molecule has 3 rings (SSSR count). The Bertz CT molecular complexity index is 740. The van der Waals surface area contributed by atoms with Crippen LogP contribution in [0.5, 0.6) is 0 Å². The molecule has 1 saturated heterocycles. The minimum atomic E-state index is 0.170. The lowest BCUT2D eigenvalue weighted by molar-refractivity contribution is -0.126. The van der Waals surface area contributed by atoms with Crippen molar-refractivity contribution in [3.8, 4) is 0 Å². The molecule has 0 atom stereocenters. The molecular weight excluding hydrogens is 432 g/mol. The molecule has 1 aliphatic rings. The summed E-state index contributed by atoms with van der Waals surface area (Å²) >= 11 is 5.36. The number of nitrogens with one attached hydrogen (secondary N) is 1. The Hall–Kier alpha value is -1.30. The molecule has 1 aliphatic heterocycles. The van der Waals surface area contributed by atoms with E-state index in [9.17, 15) is 4.79 Å². The number of hydrogen-bond acceptors (Lipinski definition) is 3. The summed E-state index contributed by atoms with van der Waals surface area (Å²) in [6.07, 6.45) is 1.91. The number of halogens is 1. The van der Waals surface area contributed by atoms with Crippen LogP contribution in [0.25, 0.3) is 0 Å². The van der Waals surface area contributed by atoms with Crippen molar-refractivity contribution < 1.29 is 4.79 Å². The number of nitrogens with zero attached hydrogens (tertiary/aromatic N) is 1. The smallest absolute Gasteiger partial charge is 0.223 e. The van der Waals surface area contributed by atoms with Crippen LogP contribution in [0.15, 0.2) is 53.0 Å². The van der Waals surface area contributed by atoms with Gasteiger partial charge in [0.1, 0.15) is 0 Å². The highest BCUT2D eigenvalue weighted by Gasteiger charge is 2.24. The lowest BCUT2D eigenvalue weighted by Gasteiger charge is -2.31. The van der Waals surface area contributed by atoms with Crippen LogP contribution in [0.3, 0.4) is 0 Å². The molecule has 2 aromatic rings. The van der Waals surface area contributed by atoms with Crippen LogP contribution in [0.4, 0.5) is 0 Å². The molecule has 0 unspecified atom stereocenters. The number of thioether (sulfide) groups is 1. The van der Waals surface area contributed by atoms with Gasteiger partial charge in [0, 0.05) is 35.0 Å². The molecule has 3 nitrogen and oxygen atoms in total. The van der Waals surface area contributed by atoms with E-state index < -0.39 is 0 Å². The van der Waals surface area contributed by atoms with Gasteiger partial charge in [-0.2, -0.15) is 11.8 Å². The second-order valence-electron chi connectivity index (χ2n) is 7.51. The number of carbonyl (C=O) groups is 1. The first-order chi connectivity index (χ1) is 13.6. The molecule has 1 fully saturated rings. The molecule has 0 aromatic heterocycles. The fraction of sp³-hybridized carbons (Fsp3) is 0.435. The maximum Gasteiger partial charge on any atom is 0.223 e. The Morgan fingerprint density at radius 1 is 1.07 bits per heavy atom. The fourth-order valence-corrected chi connectivity index (χ4v) is 4.55. The first kappa shape index (κ1) is 21.4. The van der Waals surface area contributed by atoms with Gasteiger partial charge in [0.2, 0.25) is 5.91 Å². The highest BCUT2D eigenvalue weighted by Crippen LogP contribution is 2.20. The van der Waals surface area contributed by atoms with Crippen LogP contribution in [0.1, 0.15) is 29.5 Å². The van der Waals surface area contributed by atoms with Crippen LogP contribution in [-0.2, 0) is 17.1 Å². The van der Waals surface area contributed by atoms with Crippen molar-refractivity contribution in [2.75, 3.05) is 25.4 Å². The van der Waals surface area contributed by atoms with Crippen molar-refractivity contribution in [2.24, 2.45) is 5.92 Å². The molecule has 1 heterocycles. The molecule has 5 heteroatoms. The summed E-state index contributed by atoms with van der Waals surface area (Å²) in [6, 6.07) is 17.2. The van der Waals surface area contributed by atoms with Gasteiger partial charge in [-0.25, -0.2) is 0 Å². The van der Waals surface area contributed by atoms with E-state index in [0.29, 0.717) is 0 Å². The number of rotatable bonds is 8. The van der Waals surface area contributed by atoms with Crippen molar-refractivity contribution in [3.63, 3.8) is 0 Å². The van der Waals surface area contributed by atoms with Crippen molar-refractivity contribution in [1.82, 2.24) is 10.2 Å². The van der Waals surface area contributed by atoms with E-state index in [4.69, 9.17) is 0 Å². The van der Waals surface area contributed by atoms with Crippen molar-refractivity contribution in [1.29, 1.82) is 0 Å². The Labute approximate surface area is 181 Å². The molecule has 1 amide bonds. The van der Waals surface area contributed by atoms with E-state index in [0.717, 1.165) is 55.0 Å². The number of benzene rings is 2. The average molecular weight is 461 g/mol. The topological polar surface area (TPSA) is 32.3 Å². The summed E-state index contributed by atoms with van der Waals surface area (Å²) in [7, 11) is 0. The zero-order valence-corrected chi connectivity index (χ0v) is 18.9. The Morgan fingerprint density at radius 2 is 1.71 bits per heavy atom. The molecule has 0 spiro atoms. The zero-order chi connectivity index (χ0) is 19.8. The number of piperidine rings is 1. The van der Waals surface area contributed by atoms with E-state index in [2.05, 4.69) is 81.6 Å². The quantitative estimate of drug-likeness (QED) is 0.561. The SMILES string of the molecule is Cc1ccc(CSCCNC(=O)C2CCN(Cc3ccc(Br)cc3)CC2)cc1. The van der Waals surface area contributed by atoms with Gasteiger partial charge in [-0.1, -0.05) is 57.9 Å². The van der Waals surface area contributed by atoms with Gasteiger partial charge >= 0.3 is 0 Å². The molecule has 0 radical (unpaired) electrons. The predicted octanol–water partition coefficient (Wildman–Crippen LogP) is 5.02. The molecule has 1 N–H and O–H groups in total. The number of aryl methyl sites for hydroxylation is 1. The van der Waals surface area contributed by atoms with Crippen molar-refractivity contribution in [2.45, 2.75) is 32.1 Å². The monoisotopic (exact) mass is 460 g/mol. The minimum absolute atomic E-state index is 0.170. The van der Waals surface area contributed by atoms with Crippen LogP contribution in [-0.4, -0.2) is 36.2 Å². The summed E-state index contributed by atoms with van der Waals surface area (Å²) in [4.78, 5) is 14.9. The highest BCUT2D eigenvalue weighted by molar-refractivity contribution is 9.10. The largest absolute Gasteiger partial charge is 0.355 e. The zero-order valence-electron chi connectivity index (χ0n) is 16.5. The van der Waals surface area contributed by atoms with Crippen LogP contribution < -0.4 is 5.32 Å². The summed E-state index contributed by atoms with van der Waals surface area (Å²) in [5.74, 6) is 2.37. The minimum Gasteiger partial charge on any atom is -0.355 e. The molecule has 28 heavy (non-hydrogen) atoms. The average Bonchev–Trinajstić information content (AvgIpc) is 2.71. The normalized spacial score (nSPS) is 15.5. The van der Waals surface area contributed by atoms with Crippen LogP contribution in [0, 0.1) is 12.8 Å². The molecule has 0 bridgehead atoms. The summed E-state index contributed by atoms with van der Waals surface area (Å²) < 4.78 is 1.11. The third-order valence-corrected chi connectivity index (χ3v) is 6.77. The van der Waals surface area contributed by atoms with Gasteiger partial charge in [-0.3, -0.25) is 9.69 Å². The van der Waals surface area contributed by atoms with E-state index in [1.807, 2.05) is 11.8 Å². The van der Waals surface area contributed by atoms with E-state index in [-0.39, 0.29) is 11.8 Å².